The summed E-state index contributed by atoms with van der Waals surface area (Å²) >= 11 is 6.03. The molecule has 1 atom stereocenters. The number of benzene rings is 1. The van der Waals surface area contributed by atoms with Gasteiger partial charge in [-0.1, -0.05) is 11.6 Å². The molecule has 4 nitrogen and oxygen atoms in total. The zero-order chi connectivity index (χ0) is 14.0. The van der Waals surface area contributed by atoms with Crippen LogP contribution in [-0.4, -0.2) is 16.9 Å². The van der Waals surface area contributed by atoms with E-state index in [1.54, 1.807) is 13.2 Å². The molecule has 0 aliphatic carbocycles. The van der Waals surface area contributed by atoms with Gasteiger partial charge in [0.2, 0.25) is 0 Å². The van der Waals surface area contributed by atoms with Crippen molar-refractivity contribution in [2.75, 3.05) is 7.11 Å². The summed E-state index contributed by atoms with van der Waals surface area (Å²) in [6, 6.07) is 7.35. The van der Waals surface area contributed by atoms with Crippen LogP contribution in [0.3, 0.4) is 0 Å². The molecule has 19 heavy (non-hydrogen) atoms. The highest BCUT2D eigenvalue weighted by Crippen LogP contribution is 2.29. The number of hydrogen-bond acceptors (Lipinski definition) is 3. The molecule has 1 unspecified atom stereocenters. The fourth-order valence-electron chi connectivity index (χ4n) is 2.19. The third-order valence-corrected chi connectivity index (χ3v) is 3.35. The lowest BCUT2D eigenvalue weighted by molar-refractivity contribution is 0.405. The summed E-state index contributed by atoms with van der Waals surface area (Å²) < 4.78 is 7.19. The molecule has 0 amide bonds. The molecule has 0 aliphatic heterocycles. The van der Waals surface area contributed by atoms with Crippen LogP contribution in [0, 0.1) is 6.92 Å². The predicted octanol–water partition coefficient (Wildman–Crippen LogP) is 2.63. The van der Waals surface area contributed by atoms with Gasteiger partial charge in [-0.05, 0) is 31.2 Å². The van der Waals surface area contributed by atoms with Crippen molar-refractivity contribution >= 4 is 11.6 Å². The van der Waals surface area contributed by atoms with E-state index in [9.17, 15) is 0 Å². The lowest BCUT2D eigenvalue weighted by Gasteiger charge is -2.16. The number of aryl methyl sites for hydroxylation is 2. The summed E-state index contributed by atoms with van der Waals surface area (Å²) in [5, 5.41) is 4.98. The third-order valence-electron chi connectivity index (χ3n) is 3.12. The lowest BCUT2D eigenvalue weighted by atomic mass is 10.0. The van der Waals surface area contributed by atoms with Crippen LogP contribution in [0.15, 0.2) is 24.3 Å². The van der Waals surface area contributed by atoms with Crippen LogP contribution in [0.1, 0.15) is 23.0 Å². The Bertz CT molecular complexity index is 580. The van der Waals surface area contributed by atoms with Gasteiger partial charge in [-0.25, -0.2) is 0 Å². The van der Waals surface area contributed by atoms with E-state index in [2.05, 4.69) is 5.10 Å². The van der Waals surface area contributed by atoms with Crippen molar-refractivity contribution < 1.29 is 4.74 Å². The van der Waals surface area contributed by atoms with Gasteiger partial charge in [-0.15, -0.1) is 0 Å². The summed E-state index contributed by atoms with van der Waals surface area (Å²) in [5.41, 5.74) is 9.26. The van der Waals surface area contributed by atoms with E-state index >= 15 is 0 Å². The Kier molecular flexibility index (Phi) is 4.12. The highest BCUT2D eigenvalue weighted by Gasteiger charge is 2.15. The minimum atomic E-state index is -0.177. The molecule has 2 N–H and O–H groups in total. The summed E-state index contributed by atoms with van der Waals surface area (Å²) in [4.78, 5) is 0. The highest BCUT2D eigenvalue weighted by atomic mass is 35.5. The number of aromatic nitrogens is 2. The van der Waals surface area contributed by atoms with Crippen molar-refractivity contribution in [1.29, 1.82) is 0 Å². The van der Waals surface area contributed by atoms with E-state index in [1.165, 1.54) is 0 Å². The maximum Gasteiger partial charge on any atom is 0.123 e. The molecule has 0 radical (unpaired) electrons. The normalized spacial score (nSPS) is 12.5. The fraction of sp³-hybridized carbons (Fsp3) is 0.357. The topological polar surface area (TPSA) is 53.1 Å². The summed E-state index contributed by atoms with van der Waals surface area (Å²) in [6.07, 6.45) is 0.689. The molecule has 0 bridgehead atoms. The molecule has 2 rings (SSSR count). The van der Waals surface area contributed by atoms with E-state index < -0.39 is 0 Å². The minimum Gasteiger partial charge on any atom is -0.496 e. The molecule has 1 aromatic carbocycles. The number of methoxy groups -OCH3 is 1. The van der Waals surface area contributed by atoms with E-state index in [4.69, 9.17) is 22.1 Å². The number of nitrogens with two attached hydrogens (primary N) is 1. The fourth-order valence-corrected chi connectivity index (χ4v) is 2.37. The lowest BCUT2D eigenvalue weighted by Crippen LogP contribution is -2.16. The number of rotatable bonds is 4. The van der Waals surface area contributed by atoms with Crippen LogP contribution in [0.5, 0.6) is 5.75 Å². The molecule has 2 aromatic rings. The van der Waals surface area contributed by atoms with E-state index in [-0.39, 0.29) is 6.04 Å². The molecule has 0 fully saturated rings. The van der Waals surface area contributed by atoms with Gasteiger partial charge in [0.1, 0.15) is 5.75 Å². The Balaban J connectivity index is 2.26. The zero-order valence-electron chi connectivity index (χ0n) is 11.4. The van der Waals surface area contributed by atoms with Crippen molar-refractivity contribution in [2.45, 2.75) is 19.4 Å². The van der Waals surface area contributed by atoms with Crippen LogP contribution in [0.4, 0.5) is 0 Å². The molecule has 0 spiro atoms. The van der Waals surface area contributed by atoms with Gasteiger partial charge >= 0.3 is 0 Å². The van der Waals surface area contributed by atoms with Crippen molar-refractivity contribution in [3.05, 3.63) is 46.2 Å². The van der Waals surface area contributed by atoms with Crippen molar-refractivity contribution in [3.8, 4) is 5.75 Å². The first-order valence-electron chi connectivity index (χ1n) is 6.09. The first kappa shape index (κ1) is 13.9. The molecular weight excluding hydrogens is 262 g/mol. The molecule has 1 aromatic heterocycles. The average Bonchev–Trinajstić information content (AvgIpc) is 2.67. The van der Waals surface area contributed by atoms with Gasteiger partial charge in [0.25, 0.3) is 0 Å². The van der Waals surface area contributed by atoms with Gasteiger partial charge in [-0.3, -0.25) is 4.68 Å². The summed E-state index contributed by atoms with van der Waals surface area (Å²) in [5.74, 6) is 0.760. The molecule has 1 heterocycles. The van der Waals surface area contributed by atoms with Crippen molar-refractivity contribution in [2.24, 2.45) is 12.8 Å². The Morgan fingerprint density at radius 2 is 2.16 bits per heavy atom. The van der Waals surface area contributed by atoms with Crippen LogP contribution in [0.25, 0.3) is 0 Å². The summed E-state index contributed by atoms with van der Waals surface area (Å²) in [7, 11) is 3.55. The van der Waals surface area contributed by atoms with Crippen LogP contribution in [0.2, 0.25) is 5.02 Å². The second kappa shape index (κ2) is 5.63. The SMILES string of the molecule is COc1ccc(Cl)cc1C(N)Cc1cc(C)nn1C. The Labute approximate surface area is 118 Å². The molecule has 0 aliphatic rings. The second-order valence-corrected chi connectivity index (χ2v) is 5.03. The van der Waals surface area contributed by atoms with E-state index in [0.717, 1.165) is 22.7 Å². The van der Waals surface area contributed by atoms with E-state index in [0.29, 0.717) is 11.4 Å². The zero-order valence-corrected chi connectivity index (χ0v) is 12.1. The molecule has 102 valence electrons. The number of ether oxygens (including phenoxy) is 1. The van der Waals surface area contributed by atoms with Crippen molar-refractivity contribution in [3.63, 3.8) is 0 Å². The maximum absolute atomic E-state index is 6.27. The molecule has 5 heteroatoms. The number of halogens is 1. The molecule has 0 saturated carbocycles. The van der Waals surface area contributed by atoms with Crippen molar-refractivity contribution in [1.82, 2.24) is 9.78 Å². The second-order valence-electron chi connectivity index (χ2n) is 4.60. The maximum atomic E-state index is 6.27. The van der Waals surface area contributed by atoms with Gasteiger partial charge in [0.15, 0.2) is 0 Å². The quantitative estimate of drug-likeness (QED) is 0.936. The summed E-state index contributed by atoms with van der Waals surface area (Å²) in [6.45, 7) is 1.97. The minimum absolute atomic E-state index is 0.177. The largest absolute Gasteiger partial charge is 0.496 e. The van der Waals surface area contributed by atoms with E-state index in [1.807, 2.05) is 36.9 Å². The molecule has 0 saturated heterocycles. The molecular formula is C14H18ClN3O. The highest BCUT2D eigenvalue weighted by molar-refractivity contribution is 6.30. The Morgan fingerprint density at radius 1 is 1.42 bits per heavy atom. The van der Waals surface area contributed by atoms with Crippen LogP contribution >= 0.6 is 11.6 Å². The predicted molar refractivity (Wildman–Crippen MR) is 76.6 cm³/mol. The monoisotopic (exact) mass is 279 g/mol. The average molecular weight is 280 g/mol. The van der Waals surface area contributed by atoms with Crippen LogP contribution < -0.4 is 10.5 Å². The van der Waals surface area contributed by atoms with Crippen LogP contribution in [-0.2, 0) is 13.5 Å². The van der Waals surface area contributed by atoms with Gasteiger partial charge in [0, 0.05) is 35.8 Å². The smallest absolute Gasteiger partial charge is 0.123 e. The number of nitrogens with zero attached hydrogens (tertiary/aromatic N) is 2. The van der Waals surface area contributed by atoms with Gasteiger partial charge in [-0.2, -0.15) is 5.10 Å². The van der Waals surface area contributed by atoms with Gasteiger partial charge < -0.3 is 10.5 Å². The Morgan fingerprint density at radius 3 is 2.74 bits per heavy atom. The first-order valence-corrected chi connectivity index (χ1v) is 6.47. The first-order chi connectivity index (χ1) is 9.01. The Hall–Kier alpha value is -1.52. The standard InChI is InChI=1S/C14H18ClN3O/c1-9-6-11(18(2)17-9)8-13(16)12-7-10(15)4-5-14(12)19-3/h4-7,13H,8,16H2,1-3H3. The number of hydrogen-bond donors (Lipinski definition) is 1. The third kappa shape index (κ3) is 3.08. The van der Waals surface area contributed by atoms with Gasteiger partial charge in [0.05, 0.1) is 12.8 Å².